The van der Waals surface area contributed by atoms with E-state index in [-0.39, 0.29) is 0 Å². The van der Waals surface area contributed by atoms with Gasteiger partial charge < -0.3 is 15.3 Å². The molecule has 4 heteroatoms. The normalized spacial score (nSPS) is 28.9. The van der Waals surface area contributed by atoms with Crippen molar-refractivity contribution in [2.45, 2.75) is 77.4 Å². The van der Waals surface area contributed by atoms with Crippen LogP contribution in [0.2, 0.25) is 0 Å². The highest BCUT2D eigenvalue weighted by Crippen LogP contribution is 2.32. The predicted octanol–water partition coefficient (Wildman–Crippen LogP) is 2.73. The first-order valence-electron chi connectivity index (χ1n) is 8.04. The third-order valence-electron chi connectivity index (χ3n) is 5.03. The van der Waals surface area contributed by atoms with E-state index in [1.54, 1.807) is 0 Å². The van der Waals surface area contributed by atoms with Crippen LogP contribution in [0.3, 0.4) is 0 Å². The van der Waals surface area contributed by atoms with Crippen molar-refractivity contribution in [3.05, 3.63) is 0 Å². The van der Waals surface area contributed by atoms with Gasteiger partial charge in [0.2, 0.25) is 0 Å². The van der Waals surface area contributed by atoms with Crippen LogP contribution in [0.4, 0.5) is 0 Å². The van der Waals surface area contributed by atoms with Crippen LogP contribution in [0.5, 0.6) is 0 Å². The summed E-state index contributed by atoms with van der Waals surface area (Å²) in [6.45, 7) is 9.55. The van der Waals surface area contributed by atoms with E-state index in [0.717, 1.165) is 38.6 Å². The second-order valence-electron chi connectivity index (χ2n) is 6.71. The maximum Gasteiger partial charge on any atom is 0.323 e. The van der Waals surface area contributed by atoms with E-state index in [2.05, 4.69) is 45.0 Å². The molecule has 1 aliphatic rings. The zero-order chi connectivity index (χ0) is 15.3. The Morgan fingerprint density at radius 3 is 2.60 bits per heavy atom. The van der Waals surface area contributed by atoms with Crippen molar-refractivity contribution in [2.75, 3.05) is 13.6 Å². The first kappa shape index (κ1) is 17.4. The number of carbonyl (C=O) groups is 1. The third kappa shape index (κ3) is 3.95. The average Bonchev–Trinajstić information content (AvgIpc) is 2.43. The van der Waals surface area contributed by atoms with Crippen molar-refractivity contribution in [3.8, 4) is 0 Å². The minimum atomic E-state index is -0.718. The van der Waals surface area contributed by atoms with E-state index in [9.17, 15) is 9.90 Å². The monoisotopic (exact) mass is 284 g/mol. The van der Waals surface area contributed by atoms with Crippen LogP contribution in [0.25, 0.3) is 0 Å². The Hall–Kier alpha value is -0.610. The molecule has 1 saturated carbocycles. The van der Waals surface area contributed by atoms with E-state index >= 15 is 0 Å². The smallest absolute Gasteiger partial charge is 0.323 e. The maximum atomic E-state index is 11.8. The Morgan fingerprint density at radius 2 is 2.10 bits per heavy atom. The highest BCUT2D eigenvalue weighted by Gasteiger charge is 2.43. The zero-order valence-corrected chi connectivity index (χ0v) is 13.8. The summed E-state index contributed by atoms with van der Waals surface area (Å²) >= 11 is 0. The molecule has 0 heterocycles. The summed E-state index contributed by atoms with van der Waals surface area (Å²) in [5.41, 5.74) is -0.718. The highest BCUT2D eigenvalue weighted by molar-refractivity contribution is 5.79. The molecule has 0 aromatic heterocycles. The van der Waals surface area contributed by atoms with Gasteiger partial charge in [0.05, 0.1) is 0 Å². The van der Waals surface area contributed by atoms with Crippen molar-refractivity contribution in [1.29, 1.82) is 0 Å². The van der Waals surface area contributed by atoms with Crippen molar-refractivity contribution in [2.24, 2.45) is 5.92 Å². The fourth-order valence-corrected chi connectivity index (χ4v) is 3.19. The summed E-state index contributed by atoms with van der Waals surface area (Å²) in [6.07, 6.45) is 4.54. The number of nitrogens with one attached hydrogen (secondary N) is 1. The first-order valence-corrected chi connectivity index (χ1v) is 8.04. The lowest BCUT2D eigenvalue weighted by Crippen LogP contribution is -2.59. The van der Waals surface area contributed by atoms with Gasteiger partial charge in [-0.3, -0.25) is 4.79 Å². The van der Waals surface area contributed by atoms with Gasteiger partial charge in [-0.25, -0.2) is 0 Å². The molecule has 0 radical (unpaired) electrons. The van der Waals surface area contributed by atoms with Gasteiger partial charge in [0.1, 0.15) is 5.54 Å². The molecular formula is C16H32N2O2. The molecule has 4 nitrogen and oxygen atoms in total. The molecule has 0 aliphatic heterocycles. The molecule has 1 rings (SSSR count). The van der Waals surface area contributed by atoms with Crippen LogP contribution in [-0.4, -0.2) is 47.2 Å². The number of aliphatic carboxylic acids is 1. The molecule has 0 saturated heterocycles. The number of carboxylic acids is 1. The topological polar surface area (TPSA) is 52.6 Å². The summed E-state index contributed by atoms with van der Waals surface area (Å²) in [6, 6.07) is 0.845. The van der Waals surface area contributed by atoms with Crippen LogP contribution in [0.1, 0.15) is 59.8 Å². The molecule has 1 aliphatic carbocycles. The van der Waals surface area contributed by atoms with E-state index in [1.165, 1.54) is 0 Å². The van der Waals surface area contributed by atoms with Gasteiger partial charge in [0.15, 0.2) is 0 Å². The minimum absolute atomic E-state index is 0.363. The van der Waals surface area contributed by atoms with Gasteiger partial charge in [0.25, 0.3) is 0 Å². The van der Waals surface area contributed by atoms with Crippen molar-refractivity contribution in [1.82, 2.24) is 10.2 Å². The summed E-state index contributed by atoms with van der Waals surface area (Å²) < 4.78 is 0. The van der Waals surface area contributed by atoms with Crippen LogP contribution in [0, 0.1) is 5.92 Å². The minimum Gasteiger partial charge on any atom is -0.480 e. The molecule has 2 N–H and O–H groups in total. The number of rotatable bonds is 7. The summed E-state index contributed by atoms with van der Waals surface area (Å²) in [7, 11) is 2.15. The fraction of sp³-hybridized carbons (Fsp3) is 0.938. The molecule has 1 fully saturated rings. The van der Waals surface area contributed by atoms with Gasteiger partial charge in [-0.15, -0.1) is 0 Å². The van der Waals surface area contributed by atoms with Crippen molar-refractivity contribution >= 4 is 5.97 Å². The van der Waals surface area contributed by atoms with E-state index in [1.807, 2.05) is 0 Å². The van der Waals surface area contributed by atoms with E-state index < -0.39 is 11.5 Å². The molecule has 0 aromatic rings. The second kappa shape index (κ2) is 7.41. The largest absolute Gasteiger partial charge is 0.480 e. The SMILES string of the molecule is CCCNC1(C(=O)O)CCCC(N(C)C(C)C(C)C)C1. The lowest BCUT2D eigenvalue weighted by molar-refractivity contribution is -0.147. The van der Waals surface area contributed by atoms with Crippen LogP contribution in [0.15, 0.2) is 0 Å². The Bertz CT molecular complexity index is 320. The van der Waals surface area contributed by atoms with Gasteiger partial charge in [-0.2, -0.15) is 0 Å². The summed E-state index contributed by atoms with van der Waals surface area (Å²) in [4.78, 5) is 14.2. The lowest BCUT2D eigenvalue weighted by Gasteiger charge is -2.44. The Balaban J connectivity index is 2.79. The Kier molecular flexibility index (Phi) is 6.46. The Morgan fingerprint density at radius 1 is 1.45 bits per heavy atom. The predicted molar refractivity (Wildman–Crippen MR) is 83.0 cm³/mol. The second-order valence-corrected chi connectivity index (χ2v) is 6.71. The molecule has 0 amide bonds. The van der Waals surface area contributed by atoms with Gasteiger partial charge in [-0.05, 0) is 58.5 Å². The standard InChI is InChI=1S/C16H32N2O2/c1-6-10-17-16(15(19)20)9-7-8-14(11-16)18(5)13(4)12(2)3/h12-14,17H,6-11H2,1-5H3,(H,19,20). The van der Waals surface area contributed by atoms with Crippen LogP contribution in [-0.2, 0) is 4.79 Å². The van der Waals surface area contributed by atoms with E-state index in [0.29, 0.717) is 18.0 Å². The lowest BCUT2D eigenvalue weighted by atomic mass is 9.77. The van der Waals surface area contributed by atoms with Crippen LogP contribution >= 0.6 is 0 Å². The molecule has 0 aromatic carbocycles. The number of hydrogen-bond donors (Lipinski definition) is 2. The third-order valence-corrected chi connectivity index (χ3v) is 5.03. The van der Waals surface area contributed by atoms with Gasteiger partial charge >= 0.3 is 5.97 Å². The molecule has 0 bridgehead atoms. The average molecular weight is 284 g/mol. The van der Waals surface area contributed by atoms with Gasteiger partial charge in [0, 0.05) is 12.1 Å². The molecule has 20 heavy (non-hydrogen) atoms. The molecule has 118 valence electrons. The number of hydrogen-bond acceptors (Lipinski definition) is 3. The van der Waals surface area contributed by atoms with Gasteiger partial charge in [-0.1, -0.05) is 20.8 Å². The van der Waals surface area contributed by atoms with Crippen molar-refractivity contribution in [3.63, 3.8) is 0 Å². The molecule has 3 unspecified atom stereocenters. The Labute approximate surface area is 123 Å². The maximum absolute atomic E-state index is 11.8. The van der Waals surface area contributed by atoms with Crippen LogP contribution < -0.4 is 5.32 Å². The molecule has 3 atom stereocenters. The number of nitrogens with zero attached hydrogens (tertiary/aromatic N) is 1. The molecular weight excluding hydrogens is 252 g/mol. The zero-order valence-electron chi connectivity index (χ0n) is 13.8. The first-order chi connectivity index (χ1) is 9.34. The summed E-state index contributed by atoms with van der Waals surface area (Å²) in [5, 5.41) is 13.0. The van der Waals surface area contributed by atoms with Crippen molar-refractivity contribution < 1.29 is 9.90 Å². The highest BCUT2D eigenvalue weighted by atomic mass is 16.4. The fourth-order valence-electron chi connectivity index (χ4n) is 3.19. The summed E-state index contributed by atoms with van der Waals surface area (Å²) in [5.74, 6) is -0.0917. The quantitative estimate of drug-likeness (QED) is 0.755. The van der Waals surface area contributed by atoms with E-state index in [4.69, 9.17) is 0 Å². The number of carboxylic acid groups (broad SMARTS) is 1. The molecule has 0 spiro atoms.